The first-order valence-electron chi connectivity index (χ1n) is 2.54. The lowest BCUT2D eigenvalue weighted by molar-refractivity contribution is 0.628. The van der Waals surface area contributed by atoms with Gasteiger partial charge in [0.1, 0.15) is 5.82 Å². The summed E-state index contributed by atoms with van der Waals surface area (Å²) in [6.45, 7) is 0. The smallest absolute Gasteiger partial charge is 0.280 e. The molecule has 0 aliphatic heterocycles. The quantitative estimate of drug-likeness (QED) is 0.641. The van der Waals surface area contributed by atoms with Gasteiger partial charge in [0.25, 0.3) is 0 Å². The van der Waals surface area contributed by atoms with E-state index in [0.29, 0.717) is 0 Å². The topological polar surface area (TPSA) is 0 Å². The van der Waals surface area contributed by atoms with Crippen LogP contribution < -0.4 is 0 Å². The van der Waals surface area contributed by atoms with E-state index in [1.165, 1.54) is 24.3 Å². The fraction of sp³-hybridized carbons (Fsp3) is 0. The average Bonchev–Trinajstić information content (AvgIpc) is 1.91. The Labute approximate surface area is 81.7 Å². The highest BCUT2D eigenvalue weighted by atomic mass is 79.9. The Bertz CT molecular complexity index is 157. The van der Waals surface area contributed by atoms with Crippen molar-refractivity contribution in [2.75, 3.05) is 0 Å². The molecule has 0 aromatic heterocycles. The molecule has 0 spiro atoms. The summed E-state index contributed by atoms with van der Waals surface area (Å²) in [5.74, 6) is -0.209. The number of hydrogen-bond acceptors (Lipinski definition) is 0. The second-order valence-electron chi connectivity index (χ2n) is 1.32. The zero-order valence-corrected chi connectivity index (χ0v) is 9.74. The molecule has 0 nitrogen and oxygen atoms in total. The van der Waals surface area contributed by atoms with Gasteiger partial charge >= 0.3 is 16.0 Å². The van der Waals surface area contributed by atoms with Crippen LogP contribution in [0.25, 0.3) is 0 Å². The van der Waals surface area contributed by atoms with Crippen molar-refractivity contribution in [3.63, 3.8) is 0 Å². The third kappa shape index (κ3) is 6.99. The molecule has 1 radical (unpaired) electrons. The summed E-state index contributed by atoms with van der Waals surface area (Å²) in [4.78, 5) is 0. The third-order valence-electron chi connectivity index (χ3n) is 0.678. The van der Waals surface area contributed by atoms with Crippen LogP contribution in [0.2, 0.25) is 0 Å². The van der Waals surface area contributed by atoms with Gasteiger partial charge in [-0.05, 0) is 18.2 Å². The highest BCUT2D eigenvalue weighted by molar-refractivity contribution is 9.47. The maximum atomic E-state index is 11.9. The minimum atomic E-state index is -0.209. The van der Waals surface area contributed by atoms with Crippen molar-refractivity contribution in [3.8, 4) is 0 Å². The van der Waals surface area contributed by atoms with Crippen LogP contribution in [0, 0.1) is 11.9 Å². The van der Waals surface area contributed by atoms with E-state index in [0.717, 1.165) is 0 Å². The molecule has 10 heavy (non-hydrogen) atoms. The Kier molecular flexibility index (Phi) is 8.68. The summed E-state index contributed by atoms with van der Waals surface area (Å²) in [6.07, 6.45) is 0. The van der Waals surface area contributed by atoms with Gasteiger partial charge in [-0.1, -0.05) is 12.1 Å². The highest BCUT2D eigenvalue weighted by Gasteiger charge is 1.77. The van der Waals surface area contributed by atoms with Crippen molar-refractivity contribution >= 4 is 41.8 Å². The van der Waals surface area contributed by atoms with Crippen LogP contribution in [0.5, 0.6) is 0 Å². The summed E-state index contributed by atoms with van der Waals surface area (Å²) >= 11 is 6.44. The van der Waals surface area contributed by atoms with Crippen LogP contribution in [-0.4, -0.2) is 16.0 Å². The molecule has 0 aliphatic rings. The Morgan fingerprint density at radius 3 is 1.90 bits per heavy atom. The fourth-order valence-corrected chi connectivity index (χ4v) is 0.367. The average molecular weight is 279 g/mol. The van der Waals surface area contributed by atoms with E-state index < -0.39 is 0 Å². The minimum absolute atomic E-state index is 0.0417. The zero-order chi connectivity index (χ0) is 7.82. The summed E-state index contributed by atoms with van der Waals surface area (Å²) in [5.41, 5.74) is 0. The predicted octanol–water partition coefficient (Wildman–Crippen LogP) is 2.94. The van der Waals surface area contributed by atoms with Crippen molar-refractivity contribution in [1.82, 2.24) is 0 Å². The summed E-state index contributed by atoms with van der Waals surface area (Å²) in [7, 11) is 0. The molecular formula is C6H4Br2FMg. The van der Waals surface area contributed by atoms with Crippen LogP contribution in [0.15, 0.2) is 24.3 Å². The van der Waals surface area contributed by atoms with Crippen molar-refractivity contribution < 1.29 is 4.39 Å². The van der Waals surface area contributed by atoms with Gasteiger partial charge in [0.15, 0.2) is 0 Å². The fourth-order valence-electron chi connectivity index (χ4n) is 0.367. The van der Waals surface area contributed by atoms with Crippen molar-refractivity contribution in [3.05, 3.63) is 36.1 Å². The van der Waals surface area contributed by atoms with Gasteiger partial charge in [0.2, 0.25) is 0 Å². The van der Waals surface area contributed by atoms with E-state index in [1.54, 1.807) is 0 Å². The maximum Gasteiger partial charge on any atom is 0.560 e. The first kappa shape index (κ1) is 10.9. The normalized spacial score (nSPS) is 7.10. The third-order valence-corrected chi connectivity index (χ3v) is 0.678. The molecule has 0 bridgehead atoms. The highest BCUT2D eigenvalue weighted by Crippen LogP contribution is 1.91. The van der Waals surface area contributed by atoms with E-state index in [1.807, 2.05) is 0 Å². The molecule has 0 heterocycles. The van der Waals surface area contributed by atoms with Crippen molar-refractivity contribution in [2.45, 2.75) is 0 Å². The van der Waals surface area contributed by atoms with Crippen LogP contribution in [0.3, 0.4) is 0 Å². The molecule has 1 rings (SSSR count). The van der Waals surface area contributed by atoms with E-state index in [9.17, 15) is 4.39 Å². The van der Waals surface area contributed by atoms with Gasteiger partial charge in [0.05, 0.1) is 0 Å². The Morgan fingerprint density at radius 2 is 1.70 bits per heavy atom. The zero-order valence-electron chi connectivity index (χ0n) is 5.15. The molecule has 0 amide bonds. The second-order valence-corrected chi connectivity index (χ2v) is 9.40. The summed E-state index contributed by atoms with van der Waals surface area (Å²) < 4.78 is 11.9. The Hall–Kier alpha value is 0.876. The molecule has 0 aliphatic carbocycles. The molecule has 1 aromatic rings. The molecule has 0 N–H and O–H groups in total. The largest absolute Gasteiger partial charge is 0.560 e. The lowest BCUT2D eigenvalue weighted by Gasteiger charge is -1.77. The van der Waals surface area contributed by atoms with Crippen molar-refractivity contribution in [2.24, 2.45) is 0 Å². The lowest BCUT2D eigenvalue weighted by atomic mass is 10.4. The molecule has 0 atom stereocenters. The lowest BCUT2D eigenvalue weighted by Crippen LogP contribution is -1.64. The van der Waals surface area contributed by atoms with Gasteiger partial charge in [-0.25, -0.2) is 4.39 Å². The van der Waals surface area contributed by atoms with Gasteiger partial charge < -0.3 is 0 Å². The SMILES string of the molecule is Fc1cc[c]cc1.[Br][Mg][Br]. The van der Waals surface area contributed by atoms with E-state index in [2.05, 4.69) is 31.8 Å². The summed E-state index contributed by atoms with van der Waals surface area (Å²) in [5, 5.41) is 0. The van der Waals surface area contributed by atoms with Crippen LogP contribution in [0.4, 0.5) is 4.39 Å². The molecule has 4 heteroatoms. The van der Waals surface area contributed by atoms with Gasteiger partial charge in [-0.2, -0.15) is 0 Å². The monoisotopic (exact) mass is 277 g/mol. The van der Waals surface area contributed by atoms with Crippen LogP contribution in [0.1, 0.15) is 0 Å². The van der Waals surface area contributed by atoms with Gasteiger partial charge in [-0.15, -0.1) is 0 Å². The van der Waals surface area contributed by atoms with Crippen LogP contribution >= 0.6 is 25.8 Å². The first-order chi connectivity index (χ1) is 4.81. The molecule has 0 unspecified atom stereocenters. The van der Waals surface area contributed by atoms with E-state index >= 15 is 0 Å². The van der Waals surface area contributed by atoms with E-state index in [4.69, 9.17) is 0 Å². The number of benzene rings is 1. The molecule has 1 aromatic carbocycles. The minimum Gasteiger partial charge on any atom is -0.280 e. The molecule has 0 saturated heterocycles. The van der Waals surface area contributed by atoms with Gasteiger partial charge in [-0.3, -0.25) is 25.8 Å². The number of rotatable bonds is 0. The molecule has 0 fully saturated rings. The Morgan fingerprint density at radius 1 is 1.30 bits per heavy atom. The summed E-state index contributed by atoms with van der Waals surface area (Å²) in [6, 6.07) is 8.49. The predicted molar refractivity (Wildman–Crippen MR) is 48.8 cm³/mol. The molecule has 0 saturated carbocycles. The Balaban J connectivity index is 0.000000236. The second kappa shape index (κ2) is 7.98. The van der Waals surface area contributed by atoms with Crippen molar-refractivity contribution in [1.29, 1.82) is 0 Å². The molecular weight excluding hydrogens is 275 g/mol. The van der Waals surface area contributed by atoms with Gasteiger partial charge in [0, 0.05) is 0 Å². The number of halogens is 3. The van der Waals surface area contributed by atoms with Crippen LogP contribution in [-0.2, 0) is 0 Å². The first-order valence-corrected chi connectivity index (χ1v) is 10.3. The van der Waals surface area contributed by atoms with E-state index in [-0.39, 0.29) is 21.8 Å². The maximum absolute atomic E-state index is 11.9. The molecule has 51 valence electrons. The standard InChI is InChI=1S/C6H4F.2BrH.Mg/c7-6-4-2-1-3-5-6;;;/h2-5H;2*1H;/q;;;+2/p-2. The number of hydrogen-bond donors (Lipinski definition) is 0.